The normalized spacial score (nSPS) is 13.5. The lowest BCUT2D eigenvalue weighted by Gasteiger charge is -2.26. The number of aromatic hydroxyl groups is 1. The van der Waals surface area contributed by atoms with Crippen LogP contribution in [0.1, 0.15) is 44.0 Å². The summed E-state index contributed by atoms with van der Waals surface area (Å²) in [5.41, 5.74) is -0.486. The Labute approximate surface area is 174 Å². The summed E-state index contributed by atoms with van der Waals surface area (Å²) in [6.07, 6.45) is 4.43. The van der Waals surface area contributed by atoms with Gasteiger partial charge in [-0.25, -0.2) is 19.6 Å². The van der Waals surface area contributed by atoms with Crippen molar-refractivity contribution in [2.75, 3.05) is 18.6 Å². The molecule has 1 aromatic heterocycles. The molecule has 2 aromatic rings. The van der Waals surface area contributed by atoms with Crippen molar-refractivity contribution in [3.05, 3.63) is 36.2 Å². The Balaban J connectivity index is 1.76. The van der Waals surface area contributed by atoms with Crippen molar-refractivity contribution >= 4 is 17.9 Å². The van der Waals surface area contributed by atoms with Crippen LogP contribution in [-0.2, 0) is 9.47 Å². The minimum atomic E-state index is -0.623. The summed E-state index contributed by atoms with van der Waals surface area (Å²) in [7, 11) is 1.25. The van der Waals surface area contributed by atoms with Crippen LogP contribution in [0.3, 0.4) is 0 Å². The second kappa shape index (κ2) is 8.56. The molecule has 0 saturated heterocycles. The van der Waals surface area contributed by atoms with E-state index in [1.807, 2.05) is 0 Å². The number of nitrogens with zero attached hydrogens (tertiary/aromatic N) is 3. The second-order valence-electron chi connectivity index (χ2n) is 8.06. The summed E-state index contributed by atoms with van der Waals surface area (Å²) in [6.45, 7) is 5.93. The molecule has 30 heavy (non-hydrogen) atoms. The standard InChI is InChI=1S/C21H25N3O6/c1-21(2,3)30-20(27)24(12-13-5-6-13)17-10-23-18(11-22-17)29-16-8-14(19(26)28-4)7-15(25)9-16/h7-11,13,25H,5-6,12H2,1-4H3. The maximum absolute atomic E-state index is 12.6. The Hall–Kier alpha value is -3.36. The molecule has 0 bridgehead atoms. The monoisotopic (exact) mass is 415 g/mol. The molecule has 9 heteroatoms. The fourth-order valence-electron chi connectivity index (χ4n) is 2.64. The van der Waals surface area contributed by atoms with Gasteiger partial charge in [0.05, 0.1) is 25.1 Å². The van der Waals surface area contributed by atoms with E-state index in [2.05, 4.69) is 14.7 Å². The number of ether oxygens (including phenoxy) is 3. The lowest BCUT2D eigenvalue weighted by Crippen LogP contribution is -2.38. The molecule has 9 nitrogen and oxygen atoms in total. The molecular weight excluding hydrogens is 390 g/mol. The maximum atomic E-state index is 12.6. The Bertz CT molecular complexity index is 919. The first-order chi connectivity index (χ1) is 14.1. The van der Waals surface area contributed by atoms with Gasteiger partial charge in [0.2, 0.25) is 5.88 Å². The van der Waals surface area contributed by atoms with E-state index >= 15 is 0 Å². The van der Waals surface area contributed by atoms with E-state index in [4.69, 9.17) is 9.47 Å². The number of hydrogen-bond acceptors (Lipinski definition) is 8. The van der Waals surface area contributed by atoms with Crippen molar-refractivity contribution in [2.24, 2.45) is 5.92 Å². The van der Waals surface area contributed by atoms with Gasteiger partial charge in [-0.3, -0.25) is 4.90 Å². The number of rotatable bonds is 6. The molecule has 1 aromatic carbocycles. The molecule has 0 atom stereocenters. The Morgan fingerprint density at radius 2 is 1.90 bits per heavy atom. The molecule has 0 spiro atoms. The molecule has 0 aliphatic heterocycles. The van der Waals surface area contributed by atoms with Crippen LogP contribution in [-0.4, -0.2) is 46.4 Å². The third-order valence-corrected chi connectivity index (χ3v) is 4.18. The van der Waals surface area contributed by atoms with Crippen molar-refractivity contribution < 1.29 is 28.9 Å². The number of benzene rings is 1. The zero-order valence-corrected chi connectivity index (χ0v) is 17.4. The molecule has 1 aliphatic carbocycles. The average Bonchev–Trinajstić information content (AvgIpc) is 3.48. The lowest BCUT2D eigenvalue weighted by atomic mass is 10.2. The number of hydrogen-bond donors (Lipinski definition) is 1. The number of phenolic OH excluding ortho intramolecular Hbond substituents is 1. The van der Waals surface area contributed by atoms with E-state index < -0.39 is 17.7 Å². The van der Waals surface area contributed by atoms with Gasteiger partial charge < -0.3 is 19.3 Å². The van der Waals surface area contributed by atoms with Crippen LogP contribution in [0, 0.1) is 5.92 Å². The molecular formula is C21H25N3O6. The van der Waals surface area contributed by atoms with E-state index in [9.17, 15) is 14.7 Å². The van der Waals surface area contributed by atoms with Crippen molar-refractivity contribution in [1.29, 1.82) is 0 Å². The fourth-order valence-corrected chi connectivity index (χ4v) is 2.64. The summed E-state index contributed by atoms with van der Waals surface area (Å²) >= 11 is 0. The number of carbonyl (C=O) groups excluding carboxylic acids is 2. The van der Waals surface area contributed by atoms with Crippen LogP contribution in [0.15, 0.2) is 30.6 Å². The molecule has 1 fully saturated rings. The Kier molecular flexibility index (Phi) is 6.09. The third kappa shape index (κ3) is 5.82. The highest BCUT2D eigenvalue weighted by molar-refractivity contribution is 5.90. The summed E-state index contributed by atoms with van der Waals surface area (Å²) in [6, 6.07) is 4.02. The van der Waals surface area contributed by atoms with Gasteiger partial charge in [0.25, 0.3) is 0 Å². The maximum Gasteiger partial charge on any atom is 0.416 e. The van der Waals surface area contributed by atoms with E-state index in [1.165, 1.54) is 42.6 Å². The van der Waals surface area contributed by atoms with E-state index in [0.717, 1.165) is 12.8 Å². The van der Waals surface area contributed by atoms with E-state index in [1.54, 1.807) is 20.8 Å². The molecule has 3 rings (SSSR count). The molecule has 0 unspecified atom stereocenters. The van der Waals surface area contributed by atoms with Crippen molar-refractivity contribution in [2.45, 2.75) is 39.2 Å². The highest BCUT2D eigenvalue weighted by Gasteiger charge is 2.31. The number of carbonyl (C=O) groups is 2. The Morgan fingerprint density at radius 1 is 1.17 bits per heavy atom. The second-order valence-corrected chi connectivity index (χ2v) is 8.06. The van der Waals surface area contributed by atoms with Gasteiger partial charge >= 0.3 is 12.1 Å². The van der Waals surface area contributed by atoms with Gasteiger partial charge in [0, 0.05) is 12.6 Å². The first-order valence-electron chi connectivity index (χ1n) is 9.57. The third-order valence-electron chi connectivity index (χ3n) is 4.18. The van der Waals surface area contributed by atoms with Crippen LogP contribution in [0.5, 0.6) is 17.4 Å². The predicted molar refractivity (Wildman–Crippen MR) is 108 cm³/mol. The van der Waals surface area contributed by atoms with Gasteiger partial charge in [-0.15, -0.1) is 0 Å². The number of aromatic nitrogens is 2. The molecule has 1 N–H and O–H groups in total. The summed E-state index contributed by atoms with van der Waals surface area (Å²) in [4.78, 5) is 34.2. The Morgan fingerprint density at radius 3 is 2.47 bits per heavy atom. The molecule has 160 valence electrons. The zero-order chi connectivity index (χ0) is 21.9. The highest BCUT2D eigenvalue weighted by Crippen LogP contribution is 2.32. The van der Waals surface area contributed by atoms with E-state index in [0.29, 0.717) is 18.3 Å². The van der Waals surface area contributed by atoms with E-state index in [-0.39, 0.29) is 22.9 Å². The summed E-state index contributed by atoms with van der Waals surface area (Å²) < 4.78 is 15.7. The quantitative estimate of drug-likeness (QED) is 0.707. The van der Waals surface area contributed by atoms with Crippen molar-refractivity contribution in [3.8, 4) is 17.4 Å². The number of phenols is 1. The first-order valence-corrected chi connectivity index (χ1v) is 9.57. The van der Waals surface area contributed by atoms with Gasteiger partial charge in [-0.05, 0) is 51.7 Å². The smallest absolute Gasteiger partial charge is 0.416 e. The molecule has 1 saturated carbocycles. The zero-order valence-electron chi connectivity index (χ0n) is 17.4. The summed E-state index contributed by atoms with van der Waals surface area (Å²) in [5, 5.41) is 9.80. The van der Waals surface area contributed by atoms with Crippen LogP contribution in [0.2, 0.25) is 0 Å². The highest BCUT2D eigenvalue weighted by atomic mass is 16.6. The first kappa shape index (κ1) is 21.4. The number of amides is 1. The number of anilines is 1. The van der Waals surface area contributed by atoms with Crippen LogP contribution >= 0.6 is 0 Å². The molecule has 1 amide bonds. The molecule has 1 aliphatic rings. The van der Waals surface area contributed by atoms with Gasteiger partial charge in [-0.2, -0.15) is 0 Å². The van der Waals surface area contributed by atoms with Gasteiger partial charge in [0.1, 0.15) is 17.1 Å². The van der Waals surface area contributed by atoms with Crippen LogP contribution in [0.4, 0.5) is 10.6 Å². The SMILES string of the molecule is COC(=O)c1cc(O)cc(Oc2cnc(N(CC3CC3)C(=O)OC(C)(C)C)cn2)c1. The fraction of sp³-hybridized carbons (Fsp3) is 0.429. The van der Waals surface area contributed by atoms with Crippen LogP contribution < -0.4 is 9.64 Å². The predicted octanol–water partition coefficient (Wildman–Crippen LogP) is 3.91. The minimum absolute atomic E-state index is 0.135. The van der Waals surface area contributed by atoms with Crippen LogP contribution in [0.25, 0.3) is 0 Å². The largest absolute Gasteiger partial charge is 0.508 e. The average molecular weight is 415 g/mol. The number of esters is 1. The van der Waals surface area contributed by atoms with Gasteiger partial charge in [0.15, 0.2) is 5.82 Å². The topological polar surface area (TPSA) is 111 Å². The summed E-state index contributed by atoms with van der Waals surface area (Å²) in [5.74, 6) is 0.354. The molecule has 0 radical (unpaired) electrons. The number of methoxy groups -OCH3 is 1. The molecule has 1 heterocycles. The van der Waals surface area contributed by atoms with Crippen molar-refractivity contribution in [1.82, 2.24) is 9.97 Å². The van der Waals surface area contributed by atoms with Crippen molar-refractivity contribution in [3.63, 3.8) is 0 Å². The minimum Gasteiger partial charge on any atom is -0.508 e. The lowest BCUT2D eigenvalue weighted by molar-refractivity contribution is 0.0573. The van der Waals surface area contributed by atoms with Gasteiger partial charge in [-0.1, -0.05) is 0 Å².